The van der Waals surface area contributed by atoms with Crippen LogP contribution < -0.4 is 0 Å². The Morgan fingerprint density at radius 3 is 2.71 bits per heavy atom. The van der Waals surface area contributed by atoms with Gasteiger partial charge in [-0.2, -0.15) is 0 Å². The Bertz CT molecular complexity index is 328. The molecular formula is C10H13FO2S. The molecule has 1 rings (SSSR count). The Labute approximate surface area is 85.2 Å². The van der Waals surface area contributed by atoms with Gasteiger partial charge in [0.15, 0.2) is 0 Å². The van der Waals surface area contributed by atoms with Crippen LogP contribution in [0.15, 0.2) is 24.3 Å². The van der Waals surface area contributed by atoms with E-state index >= 15 is 0 Å². The summed E-state index contributed by atoms with van der Waals surface area (Å²) in [5.74, 6) is -0.151. The zero-order chi connectivity index (χ0) is 10.6. The average Bonchev–Trinajstić information content (AvgIpc) is 2.18. The molecule has 2 nitrogen and oxygen atoms in total. The molecule has 0 bridgehead atoms. The van der Waals surface area contributed by atoms with Gasteiger partial charge in [0.2, 0.25) is 0 Å². The lowest BCUT2D eigenvalue weighted by atomic mass is 10.1. The van der Waals surface area contributed by atoms with Crippen molar-refractivity contribution in [2.24, 2.45) is 0 Å². The molecule has 0 aliphatic rings. The molecule has 1 aromatic carbocycles. The highest BCUT2D eigenvalue weighted by Gasteiger charge is 2.15. The minimum absolute atomic E-state index is 0.134. The van der Waals surface area contributed by atoms with Crippen molar-refractivity contribution < 1.29 is 13.7 Å². The molecule has 0 heterocycles. The maximum atomic E-state index is 13.2. The highest BCUT2D eigenvalue weighted by Crippen LogP contribution is 2.21. The zero-order valence-electron chi connectivity index (χ0n) is 7.94. The largest absolute Gasteiger partial charge is 0.395 e. The van der Waals surface area contributed by atoms with Crippen LogP contribution in [0, 0.1) is 5.82 Å². The monoisotopic (exact) mass is 216 g/mol. The number of aliphatic hydroxyl groups excluding tert-OH is 1. The van der Waals surface area contributed by atoms with E-state index < -0.39 is 10.8 Å². The van der Waals surface area contributed by atoms with Crippen LogP contribution in [0.3, 0.4) is 0 Å². The van der Waals surface area contributed by atoms with Gasteiger partial charge in [-0.25, -0.2) is 4.39 Å². The molecule has 1 aromatic rings. The van der Waals surface area contributed by atoms with E-state index in [0.29, 0.717) is 5.56 Å². The second-order valence-corrected chi connectivity index (χ2v) is 4.85. The molecule has 0 unspecified atom stereocenters. The molecule has 0 spiro atoms. The third kappa shape index (κ3) is 2.62. The highest BCUT2D eigenvalue weighted by molar-refractivity contribution is 7.85. The summed E-state index contributed by atoms with van der Waals surface area (Å²) >= 11 is 0. The van der Waals surface area contributed by atoms with Crippen LogP contribution >= 0.6 is 0 Å². The van der Waals surface area contributed by atoms with Crippen LogP contribution in [-0.2, 0) is 10.8 Å². The van der Waals surface area contributed by atoms with Crippen molar-refractivity contribution in [3.63, 3.8) is 0 Å². The first-order chi connectivity index (χ1) is 6.66. The third-order valence-corrected chi connectivity index (χ3v) is 3.66. The Balaban J connectivity index is 2.84. The Morgan fingerprint density at radius 1 is 1.50 bits per heavy atom. The Morgan fingerprint density at radius 2 is 2.14 bits per heavy atom. The molecular weight excluding hydrogens is 203 g/mol. The van der Waals surface area contributed by atoms with E-state index in [0.717, 1.165) is 0 Å². The molecule has 0 amide bonds. The summed E-state index contributed by atoms with van der Waals surface area (Å²) in [6.07, 6.45) is 0. The van der Waals surface area contributed by atoms with Crippen LogP contribution in [0.1, 0.15) is 17.7 Å². The molecule has 0 aliphatic heterocycles. The van der Waals surface area contributed by atoms with Gasteiger partial charge in [0, 0.05) is 22.1 Å². The van der Waals surface area contributed by atoms with Gasteiger partial charge in [0.25, 0.3) is 0 Å². The molecule has 0 saturated carbocycles. The lowest BCUT2D eigenvalue weighted by Gasteiger charge is -2.11. The fraction of sp³-hybridized carbons (Fsp3) is 0.400. The quantitative estimate of drug-likeness (QED) is 0.830. The minimum atomic E-state index is -1.22. The maximum Gasteiger partial charge on any atom is 0.127 e. The van der Waals surface area contributed by atoms with Crippen LogP contribution in [0.5, 0.6) is 0 Å². The van der Waals surface area contributed by atoms with Crippen molar-refractivity contribution >= 4 is 10.8 Å². The zero-order valence-corrected chi connectivity index (χ0v) is 8.76. The summed E-state index contributed by atoms with van der Waals surface area (Å²) in [6, 6.07) is 6.28. The molecule has 0 saturated heterocycles. The van der Waals surface area contributed by atoms with E-state index in [1.54, 1.807) is 25.1 Å². The fourth-order valence-corrected chi connectivity index (χ4v) is 2.22. The molecule has 78 valence electrons. The Kier molecular flexibility index (Phi) is 4.22. The third-order valence-electron chi connectivity index (χ3n) is 2.03. The molecule has 0 radical (unpaired) electrons. The van der Waals surface area contributed by atoms with Gasteiger partial charge in [0.05, 0.1) is 11.9 Å². The maximum absolute atomic E-state index is 13.2. The lowest BCUT2D eigenvalue weighted by Crippen LogP contribution is -2.10. The number of benzene rings is 1. The molecule has 0 aliphatic carbocycles. The lowest BCUT2D eigenvalue weighted by molar-refractivity contribution is 0.321. The SMILES string of the molecule is C[C@H](c1ccccc1F)[S@](=O)CCO. The van der Waals surface area contributed by atoms with Gasteiger partial charge in [0.1, 0.15) is 5.82 Å². The van der Waals surface area contributed by atoms with E-state index in [4.69, 9.17) is 5.11 Å². The van der Waals surface area contributed by atoms with Crippen molar-refractivity contribution in [1.82, 2.24) is 0 Å². The Hall–Kier alpha value is -0.740. The van der Waals surface area contributed by atoms with Crippen molar-refractivity contribution in [3.05, 3.63) is 35.6 Å². The van der Waals surface area contributed by atoms with Crippen molar-refractivity contribution in [1.29, 1.82) is 0 Å². The van der Waals surface area contributed by atoms with Gasteiger partial charge in [-0.15, -0.1) is 0 Å². The molecule has 0 fully saturated rings. The van der Waals surface area contributed by atoms with Crippen LogP contribution in [-0.4, -0.2) is 21.7 Å². The van der Waals surface area contributed by atoms with Crippen LogP contribution in [0.4, 0.5) is 4.39 Å². The predicted octanol–water partition coefficient (Wildman–Crippen LogP) is 1.63. The van der Waals surface area contributed by atoms with Gasteiger partial charge in [-0.05, 0) is 13.0 Å². The van der Waals surface area contributed by atoms with Gasteiger partial charge < -0.3 is 5.11 Å². The van der Waals surface area contributed by atoms with E-state index in [1.807, 2.05) is 0 Å². The molecule has 1 N–H and O–H groups in total. The summed E-state index contributed by atoms with van der Waals surface area (Å²) in [5, 5.41) is 8.24. The highest BCUT2D eigenvalue weighted by atomic mass is 32.2. The standard InChI is InChI=1S/C10H13FO2S/c1-8(14(13)7-6-12)9-4-2-3-5-10(9)11/h2-5,8,12H,6-7H2,1H3/t8-,14-/m1/s1. The minimum Gasteiger partial charge on any atom is -0.395 e. The van der Waals surface area contributed by atoms with E-state index in [2.05, 4.69) is 0 Å². The normalized spacial score (nSPS) is 15.1. The van der Waals surface area contributed by atoms with Crippen molar-refractivity contribution in [2.75, 3.05) is 12.4 Å². The number of aliphatic hydroxyl groups is 1. The van der Waals surface area contributed by atoms with Crippen LogP contribution in [0.25, 0.3) is 0 Å². The van der Waals surface area contributed by atoms with Crippen molar-refractivity contribution in [2.45, 2.75) is 12.2 Å². The van der Waals surface area contributed by atoms with E-state index in [9.17, 15) is 8.60 Å². The van der Waals surface area contributed by atoms with Crippen LogP contribution in [0.2, 0.25) is 0 Å². The first kappa shape index (κ1) is 11.3. The number of rotatable bonds is 4. The van der Waals surface area contributed by atoms with Gasteiger partial charge in [-0.3, -0.25) is 4.21 Å². The predicted molar refractivity (Wildman–Crippen MR) is 54.9 cm³/mol. The second-order valence-electron chi connectivity index (χ2n) is 2.97. The van der Waals surface area contributed by atoms with Crippen molar-refractivity contribution in [3.8, 4) is 0 Å². The summed E-state index contributed by atoms with van der Waals surface area (Å²) < 4.78 is 24.7. The molecule has 2 atom stereocenters. The smallest absolute Gasteiger partial charge is 0.127 e. The van der Waals surface area contributed by atoms with E-state index in [-0.39, 0.29) is 23.4 Å². The number of hydrogen-bond acceptors (Lipinski definition) is 2. The van der Waals surface area contributed by atoms with Gasteiger partial charge in [-0.1, -0.05) is 18.2 Å². The summed E-state index contributed by atoms with van der Waals surface area (Å²) in [6.45, 7) is 1.57. The molecule has 4 heteroatoms. The molecule has 14 heavy (non-hydrogen) atoms. The number of hydrogen-bond donors (Lipinski definition) is 1. The second kappa shape index (κ2) is 5.22. The number of halogens is 1. The summed E-state index contributed by atoms with van der Waals surface area (Å²) in [7, 11) is -1.22. The average molecular weight is 216 g/mol. The topological polar surface area (TPSA) is 37.3 Å². The summed E-state index contributed by atoms with van der Waals surface area (Å²) in [5.41, 5.74) is 0.444. The fourth-order valence-electron chi connectivity index (χ4n) is 1.21. The first-order valence-corrected chi connectivity index (χ1v) is 5.77. The first-order valence-electron chi connectivity index (χ1n) is 4.39. The van der Waals surface area contributed by atoms with E-state index in [1.165, 1.54) is 6.07 Å². The van der Waals surface area contributed by atoms with Gasteiger partial charge >= 0.3 is 0 Å². The summed E-state index contributed by atoms with van der Waals surface area (Å²) in [4.78, 5) is 0. The molecule has 0 aromatic heterocycles.